The van der Waals surface area contributed by atoms with Gasteiger partial charge in [0.25, 0.3) is 0 Å². The van der Waals surface area contributed by atoms with Gasteiger partial charge < -0.3 is 4.74 Å². The molecule has 3 heteroatoms. The second kappa shape index (κ2) is 7.46. The summed E-state index contributed by atoms with van der Waals surface area (Å²) in [6, 6.07) is 18.6. The second-order valence-electron chi connectivity index (χ2n) is 7.14. The van der Waals surface area contributed by atoms with Gasteiger partial charge in [-0.05, 0) is 47.9 Å². The van der Waals surface area contributed by atoms with E-state index in [1.165, 1.54) is 22.3 Å². The molecule has 3 nitrogen and oxygen atoms in total. The summed E-state index contributed by atoms with van der Waals surface area (Å²) in [7, 11) is 0. The SMILES string of the molecule is CCOC(=O)C1C2=Cc3ccccc3CC2CCN1Cc1ccccc1. The van der Waals surface area contributed by atoms with E-state index in [2.05, 4.69) is 59.5 Å². The molecule has 4 rings (SSSR count). The van der Waals surface area contributed by atoms with Crippen LogP contribution in [-0.4, -0.2) is 30.1 Å². The number of likely N-dealkylation sites (tertiary alicyclic amines) is 1. The number of hydrogen-bond donors (Lipinski definition) is 0. The van der Waals surface area contributed by atoms with Gasteiger partial charge in [0.05, 0.1) is 6.61 Å². The number of benzene rings is 2. The minimum atomic E-state index is -0.276. The van der Waals surface area contributed by atoms with Gasteiger partial charge in [0.1, 0.15) is 6.04 Å². The quantitative estimate of drug-likeness (QED) is 0.781. The Morgan fingerprint density at radius 2 is 1.88 bits per heavy atom. The molecule has 0 aromatic heterocycles. The van der Waals surface area contributed by atoms with Crippen LogP contribution >= 0.6 is 0 Å². The molecule has 1 fully saturated rings. The van der Waals surface area contributed by atoms with E-state index in [9.17, 15) is 4.79 Å². The van der Waals surface area contributed by atoms with Crippen LogP contribution in [0.2, 0.25) is 0 Å². The molecule has 0 spiro atoms. The first-order valence-electron chi connectivity index (χ1n) is 9.50. The molecule has 134 valence electrons. The highest BCUT2D eigenvalue weighted by molar-refractivity contribution is 5.83. The summed E-state index contributed by atoms with van der Waals surface area (Å²) in [5.41, 5.74) is 5.09. The fraction of sp³-hybridized carbons (Fsp3) is 0.348. The molecule has 1 aliphatic carbocycles. The molecular weight excluding hydrogens is 322 g/mol. The predicted octanol–water partition coefficient (Wildman–Crippen LogP) is 4.08. The number of nitrogens with zero attached hydrogens (tertiary/aromatic N) is 1. The molecule has 2 aliphatic rings. The molecule has 26 heavy (non-hydrogen) atoms. The molecule has 0 saturated carbocycles. The highest BCUT2D eigenvalue weighted by atomic mass is 16.5. The van der Waals surface area contributed by atoms with Crippen LogP contribution in [0.3, 0.4) is 0 Å². The Kier molecular flexibility index (Phi) is 4.89. The van der Waals surface area contributed by atoms with Crippen LogP contribution < -0.4 is 0 Å². The van der Waals surface area contributed by atoms with E-state index in [0.29, 0.717) is 12.5 Å². The van der Waals surface area contributed by atoms with Crippen LogP contribution in [0.4, 0.5) is 0 Å². The summed E-state index contributed by atoms with van der Waals surface area (Å²) in [5.74, 6) is 0.324. The monoisotopic (exact) mass is 347 g/mol. The van der Waals surface area contributed by atoms with Gasteiger partial charge in [0.2, 0.25) is 0 Å². The zero-order chi connectivity index (χ0) is 17.9. The Bertz CT molecular complexity index is 812. The van der Waals surface area contributed by atoms with Crippen LogP contribution in [0.1, 0.15) is 30.0 Å². The Labute approximate surface area is 155 Å². The van der Waals surface area contributed by atoms with E-state index in [4.69, 9.17) is 4.74 Å². The highest BCUT2D eigenvalue weighted by Gasteiger charge is 2.40. The molecule has 1 saturated heterocycles. The second-order valence-corrected chi connectivity index (χ2v) is 7.14. The molecule has 1 heterocycles. The Hall–Kier alpha value is -2.39. The Morgan fingerprint density at radius 1 is 1.12 bits per heavy atom. The van der Waals surface area contributed by atoms with Gasteiger partial charge in [-0.3, -0.25) is 4.90 Å². The van der Waals surface area contributed by atoms with Gasteiger partial charge in [0.15, 0.2) is 0 Å². The van der Waals surface area contributed by atoms with Crippen molar-refractivity contribution in [1.29, 1.82) is 0 Å². The van der Waals surface area contributed by atoms with Gasteiger partial charge in [-0.1, -0.05) is 60.7 Å². The van der Waals surface area contributed by atoms with Crippen LogP contribution in [-0.2, 0) is 22.5 Å². The van der Waals surface area contributed by atoms with E-state index in [1.54, 1.807) is 0 Å². The lowest BCUT2D eigenvalue weighted by Gasteiger charge is -2.42. The molecule has 1 aliphatic heterocycles. The molecule has 0 radical (unpaired) electrons. The fourth-order valence-electron chi connectivity index (χ4n) is 4.27. The van der Waals surface area contributed by atoms with Crippen LogP contribution in [0.25, 0.3) is 6.08 Å². The number of ether oxygens (including phenoxy) is 1. The first-order valence-corrected chi connectivity index (χ1v) is 9.50. The van der Waals surface area contributed by atoms with Crippen molar-refractivity contribution in [2.24, 2.45) is 5.92 Å². The number of piperidine rings is 1. The van der Waals surface area contributed by atoms with E-state index in [-0.39, 0.29) is 12.0 Å². The highest BCUT2D eigenvalue weighted by Crippen LogP contribution is 2.38. The average Bonchev–Trinajstić information content (AvgIpc) is 2.67. The molecule has 2 atom stereocenters. The van der Waals surface area contributed by atoms with E-state index in [1.807, 2.05) is 13.0 Å². The number of esters is 1. The van der Waals surface area contributed by atoms with Gasteiger partial charge in [0, 0.05) is 13.1 Å². The largest absolute Gasteiger partial charge is 0.465 e. The Balaban J connectivity index is 1.68. The maximum Gasteiger partial charge on any atom is 0.327 e. The van der Waals surface area contributed by atoms with Gasteiger partial charge in [-0.2, -0.15) is 0 Å². The maximum absolute atomic E-state index is 12.9. The van der Waals surface area contributed by atoms with Crippen molar-refractivity contribution < 1.29 is 9.53 Å². The minimum absolute atomic E-state index is 0.112. The lowest BCUT2D eigenvalue weighted by atomic mass is 9.75. The van der Waals surface area contributed by atoms with Crippen molar-refractivity contribution in [3.63, 3.8) is 0 Å². The first kappa shape index (κ1) is 17.0. The summed E-state index contributed by atoms with van der Waals surface area (Å²) in [6.07, 6.45) is 4.35. The summed E-state index contributed by atoms with van der Waals surface area (Å²) < 4.78 is 5.46. The van der Waals surface area contributed by atoms with Gasteiger partial charge >= 0.3 is 5.97 Å². The topological polar surface area (TPSA) is 29.5 Å². The molecule has 2 aromatic carbocycles. The zero-order valence-corrected chi connectivity index (χ0v) is 15.2. The van der Waals surface area contributed by atoms with Crippen molar-refractivity contribution in [2.75, 3.05) is 13.2 Å². The third kappa shape index (κ3) is 3.32. The van der Waals surface area contributed by atoms with Crippen molar-refractivity contribution in [2.45, 2.75) is 32.4 Å². The maximum atomic E-state index is 12.9. The average molecular weight is 347 g/mol. The molecule has 2 aromatic rings. The van der Waals surface area contributed by atoms with Crippen molar-refractivity contribution in [3.8, 4) is 0 Å². The fourth-order valence-corrected chi connectivity index (χ4v) is 4.27. The minimum Gasteiger partial charge on any atom is -0.465 e. The first-order chi connectivity index (χ1) is 12.8. The third-order valence-electron chi connectivity index (χ3n) is 5.50. The lowest BCUT2D eigenvalue weighted by Crippen LogP contribution is -2.50. The zero-order valence-electron chi connectivity index (χ0n) is 15.2. The summed E-state index contributed by atoms with van der Waals surface area (Å²) in [5, 5.41) is 0. The summed E-state index contributed by atoms with van der Waals surface area (Å²) >= 11 is 0. The molecule has 2 unspecified atom stereocenters. The lowest BCUT2D eigenvalue weighted by molar-refractivity contribution is -0.149. The smallest absolute Gasteiger partial charge is 0.327 e. The summed E-state index contributed by atoms with van der Waals surface area (Å²) in [6.45, 7) is 3.99. The predicted molar refractivity (Wildman–Crippen MR) is 104 cm³/mol. The summed E-state index contributed by atoms with van der Waals surface area (Å²) in [4.78, 5) is 15.1. The van der Waals surface area contributed by atoms with Crippen molar-refractivity contribution in [1.82, 2.24) is 4.90 Å². The van der Waals surface area contributed by atoms with Crippen molar-refractivity contribution in [3.05, 3.63) is 76.9 Å². The standard InChI is InChI=1S/C23H25NO2/c1-2-26-23(25)22-21-15-19-11-7-6-10-18(19)14-20(21)12-13-24(22)16-17-8-4-3-5-9-17/h3-11,15,20,22H,2,12-14,16H2,1H3. The van der Waals surface area contributed by atoms with E-state index >= 15 is 0 Å². The van der Waals surface area contributed by atoms with Crippen LogP contribution in [0.5, 0.6) is 0 Å². The normalized spacial score (nSPS) is 22.1. The number of carbonyl (C=O) groups is 1. The van der Waals surface area contributed by atoms with E-state index < -0.39 is 0 Å². The third-order valence-corrected chi connectivity index (χ3v) is 5.50. The Morgan fingerprint density at radius 3 is 2.69 bits per heavy atom. The molecule has 0 bridgehead atoms. The number of fused-ring (bicyclic) bond motifs is 2. The van der Waals surface area contributed by atoms with Gasteiger partial charge in [-0.15, -0.1) is 0 Å². The number of carbonyl (C=O) groups excluding carboxylic acids is 1. The van der Waals surface area contributed by atoms with Crippen LogP contribution in [0, 0.1) is 5.92 Å². The number of hydrogen-bond acceptors (Lipinski definition) is 3. The van der Waals surface area contributed by atoms with Crippen molar-refractivity contribution >= 4 is 12.0 Å². The molecule has 0 amide bonds. The number of rotatable bonds is 4. The molecular formula is C23H25NO2. The molecule has 0 N–H and O–H groups in total. The van der Waals surface area contributed by atoms with E-state index in [0.717, 1.165) is 25.9 Å². The van der Waals surface area contributed by atoms with Crippen LogP contribution in [0.15, 0.2) is 60.2 Å². The van der Waals surface area contributed by atoms with Gasteiger partial charge in [-0.25, -0.2) is 4.79 Å².